The van der Waals surface area contributed by atoms with Gasteiger partial charge in [-0.25, -0.2) is 0 Å². The van der Waals surface area contributed by atoms with Crippen molar-refractivity contribution in [2.45, 2.75) is 0 Å². The highest BCUT2D eigenvalue weighted by Crippen LogP contribution is 2.44. The van der Waals surface area contributed by atoms with Gasteiger partial charge in [0.2, 0.25) is 0 Å². The first-order valence-corrected chi connectivity index (χ1v) is 13.6. The van der Waals surface area contributed by atoms with Gasteiger partial charge in [-0.05, 0) is 66.2 Å². The molecule has 0 radical (unpaired) electrons. The zero-order valence-electron chi connectivity index (χ0n) is 21.9. The van der Waals surface area contributed by atoms with Crippen LogP contribution in [0.25, 0.3) is 82.5 Å². The van der Waals surface area contributed by atoms with Crippen molar-refractivity contribution in [1.29, 1.82) is 0 Å². The predicted molar refractivity (Wildman–Crippen MR) is 170 cm³/mol. The molecular weight excluding hydrogens is 506 g/mol. The molecule has 0 aliphatic rings. The lowest BCUT2D eigenvalue weighted by atomic mass is 9.99. The quantitative estimate of drug-likeness (QED) is 0.219. The summed E-state index contributed by atoms with van der Waals surface area (Å²) in [6.45, 7) is 0. The number of anilines is 2. The van der Waals surface area contributed by atoms with Gasteiger partial charge in [0.25, 0.3) is 0 Å². The molecule has 5 nitrogen and oxygen atoms in total. The van der Waals surface area contributed by atoms with Gasteiger partial charge >= 0.3 is 0 Å². The van der Waals surface area contributed by atoms with Crippen molar-refractivity contribution in [3.63, 3.8) is 0 Å². The molecule has 0 saturated heterocycles. The maximum Gasteiger partial charge on any atom is 0.137 e. The molecular formula is C36H23N3O2. The molecule has 0 fully saturated rings. The van der Waals surface area contributed by atoms with Crippen LogP contribution in [-0.2, 0) is 0 Å². The lowest BCUT2D eigenvalue weighted by Gasteiger charge is -2.17. The van der Waals surface area contributed by atoms with Gasteiger partial charge in [-0.1, -0.05) is 54.6 Å². The van der Waals surface area contributed by atoms with E-state index >= 15 is 0 Å². The normalized spacial score (nSPS) is 12.1. The first-order chi connectivity index (χ1) is 20.2. The molecule has 0 amide bonds. The minimum absolute atomic E-state index is 0.691. The topological polar surface area (TPSA) is 83.2 Å². The van der Waals surface area contributed by atoms with Crippen LogP contribution in [-0.4, -0.2) is 4.57 Å². The van der Waals surface area contributed by atoms with Gasteiger partial charge < -0.3 is 24.9 Å². The van der Waals surface area contributed by atoms with E-state index in [4.69, 9.17) is 20.3 Å². The smallest absolute Gasteiger partial charge is 0.137 e. The minimum Gasteiger partial charge on any atom is -0.456 e. The van der Waals surface area contributed by atoms with E-state index in [1.54, 1.807) is 0 Å². The molecule has 0 spiro atoms. The molecule has 3 aromatic heterocycles. The first kappa shape index (κ1) is 22.2. The van der Waals surface area contributed by atoms with Gasteiger partial charge in [0.05, 0.1) is 27.8 Å². The van der Waals surface area contributed by atoms with Crippen LogP contribution in [0, 0.1) is 0 Å². The largest absolute Gasteiger partial charge is 0.456 e. The molecule has 9 rings (SSSR count). The Morgan fingerprint density at radius 1 is 0.512 bits per heavy atom. The first-order valence-electron chi connectivity index (χ1n) is 13.6. The van der Waals surface area contributed by atoms with E-state index in [1.807, 2.05) is 48.5 Å². The summed E-state index contributed by atoms with van der Waals surface area (Å²) < 4.78 is 14.8. The molecule has 194 valence electrons. The molecule has 0 saturated carbocycles. The van der Waals surface area contributed by atoms with Crippen LogP contribution < -0.4 is 11.5 Å². The maximum atomic E-state index is 6.89. The Kier molecular flexibility index (Phi) is 4.29. The van der Waals surface area contributed by atoms with Crippen molar-refractivity contribution in [3.8, 4) is 16.8 Å². The number of hydrogen-bond donors (Lipinski definition) is 2. The number of rotatable bonds is 2. The van der Waals surface area contributed by atoms with Crippen molar-refractivity contribution >= 4 is 77.1 Å². The minimum atomic E-state index is 0.691. The molecule has 9 aromatic rings. The summed E-state index contributed by atoms with van der Waals surface area (Å²) in [4.78, 5) is 0. The standard InChI is InChI=1S/C36H23N3O2/c37-21-13-16-32-27(19-21)26-18-20(12-15-31(26)40-32)22-8-5-9-28(38)35(22)39-29-10-3-1-6-23(29)24-14-17-33-34(36(24)39)25-7-2-4-11-30(25)41-33/h1-19H,37-38H2. The van der Waals surface area contributed by atoms with Crippen molar-refractivity contribution < 1.29 is 8.83 Å². The fraction of sp³-hybridized carbons (Fsp3) is 0. The third-order valence-corrected chi connectivity index (χ3v) is 8.27. The predicted octanol–water partition coefficient (Wildman–Crippen LogP) is 9.41. The Labute approximate surface area is 233 Å². The third kappa shape index (κ3) is 3.00. The van der Waals surface area contributed by atoms with Crippen LogP contribution in [0.3, 0.4) is 0 Å². The van der Waals surface area contributed by atoms with Gasteiger partial charge in [-0.15, -0.1) is 0 Å². The lowest BCUT2D eigenvalue weighted by molar-refractivity contribution is 0.668. The maximum absolute atomic E-state index is 6.89. The number of aromatic nitrogens is 1. The summed E-state index contributed by atoms with van der Waals surface area (Å²) in [6.07, 6.45) is 0. The Bertz CT molecular complexity index is 2510. The highest BCUT2D eigenvalue weighted by Gasteiger charge is 2.22. The van der Waals surface area contributed by atoms with Crippen molar-refractivity contribution in [3.05, 3.63) is 115 Å². The number of hydrogen-bond acceptors (Lipinski definition) is 4. The van der Waals surface area contributed by atoms with E-state index in [2.05, 4.69) is 71.3 Å². The summed E-state index contributed by atoms with van der Waals surface area (Å²) in [7, 11) is 0. The Morgan fingerprint density at radius 2 is 1.22 bits per heavy atom. The molecule has 41 heavy (non-hydrogen) atoms. The number of nitrogens with two attached hydrogens (primary N) is 2. The van der Waals surface area contributed by atoms with Crippen molar-refractivity contribution in [1.82, 2.24) is 4.57 Å². The lowest BCUT2D eigenvalue weighted by Crippen LogP contribution is -2.02. The third-order valence-electron chi connectivity index (χ3n) is 8.27. The van der Waals surface area contributed by atoms with Gasteiger partial charge in [0.1, 0.15) is 22.3 Å². The average molecular weight is 530 g/mol. The Morgan fingerprint density at radius 3 is 2.12 bits per heavy atom. The van der Waals surface area contributed by atoms with E-state index in [1.165, 1.54) is 0 Å². The fourth-order valence-corrected chi connectivity index (χ4v) is 6.50. The molecule has 0 atom stereocenters. The van der Waals surface area contributed by atoms with E-state index in [-0.39, 0.29) is 0 Å². The molecule has 6 aromatic carbocycles. The molecule has 0 aliphatic heterocycles. The molecule has 3 heterocycles. The highest BCUT2D eigenvalue weighted by atomic mass is 16.3. The van der Waals surface area contributed by atoms with Crippen molar-refractivity contribution in [2.75, 3.05) is 11.5 Å². The van der Waals surface area contributed by atoms with E-state index in [0.717, 1.165) is 82.5 Å². The van der Waals surface area contributed by atoms with Crippen LogP contribution in [0.1, 0.15) is 0 Å². The zero-order valence-corrected chi connectivity index (χ0v) is 21.9. The average Bonchev–Trinajstić information content (AvgIpc) is 3.66. The molecule has 5 heteroatoms. The van der Waals surface area contributed by atoms with E-state index in [0.29, 0.717) is 11.4 Å². The SMILES string of the molecule is Nc1ccc2oc3ccc(-c4cccc(N)c4-n4c5ccccc5c5ccc6oc7ccccc7c6c54)cc3c2c1. The van der Waals surface area contributed by atoms with Crippen LogP contribution in [0.4, 0.5) is 11.4 Å². The number of benzene rings is 6. The highest BCUT2D eigenvalue weighted by molar-refractivity contribution is 6.25. The number of para-hydroxylation sites is 3. The summed E-state index contributed by atoms with van der Waals surface area (Å²) in [6, 6.07) is 39.1. The van der Waals surface area contributed by atoms with Crippen LogP contribution >= 0.6 is 0 Å². The second-order valence-electron chi connectivity index (χ2n) is 10.6. The van der Waals surface area contributed by atoms with Gasteiger partial charge in [0.15, 0.2) is 0 Å². The number of nitrogen functional groups attached to an aromatic ring is 2. The Hall–Kier alpha value is -5.68. The van der Waals surface area contributed by atoms with E-state index in [9.17, 15) is 0 Å². The molecule has 0 unspecified atom stereocenters. The van der Waals surface area contributed by atoms with Crippen LogP contribution in [0.15, 0.2) is 124 Å². The summed E-state index contributed by atoms with van der Waals surface area (Å²) >= 11 is 0. The van der Waals surface area contributed by atoms with Gasteiger partial charge in [-0.2, -0.15) is 0 Å². The number of fused-ring (bicyclic) bond motifs is 10. The number of nitrogens with zero attached hydrogens (tertiary/aromatic N) is 1. The fourth-order valence-electron chi connectivity index (χ4n) is 6.50. The van der Waals surface area contributed by atoms with E-state index < -0.39 is 0 Å². The molecule has 0 bridgehead atoms. The monoisotopic (exact) mass is 529 g/mol. The summed E-state index contributed by atoms with van der Waals surface area (Å²) in [5, 5.41) is 6.49. The number of furan rings is 2. The van der Waals surface area contributed by atoms with Crippen LogP contribution in [0.2, 0.25) is 0 Å². The second kappa shape index (κ2) is 7.93. The van der Waals surface area contributed by atoms with Crippen LogP contribution in [0.5, 0.6) is 0 Å². The van der Waals surface area contributed by atoms with Crippen molar-refractivity contribution in [2.24, 2.45) is 0 Å². The second-order valence-corrected chi connectivity index (χ2v) is 10.6. The van der Waals surface area contributed by atoms with Gasteiger partial charge in [-0.3, -0.25) is 0 Å². The van der Waals surface area contributed by atoms with Gasteiger partial charge in [0, 0.05) is 38.2 Å². The summed E-state index contributed by atoms with van der Waals surface area (Å²) in [5.41, 5.74) is 22.9. The Balaban J connectivity index is 1.43. The summed E-state index contributed by atoms with van der Waals surface area (Å²) in [5.74, 6) is 0. The molecule has 0 aliphatic carbocycles. The zero-order chi connectivity index (χ0) is 27.2. The molecule has 4 N–H and O–H groups in total.